The number of hydrogen-bond acceptors (Lipinski definition) is 3. The second kappa shape index (κ2) is 7.74. The number of anilines is 1. The molecule has 0 fully saturated rings. The molecular formula is C17H20N3OS+. The lowest BCUT2D eigenvalue weighted by atomic mass is 10.2. The molecule has 2 atom stereocenters. The summed E-state index contributed by atoms with van der Waals surface area (Å²) in [5, 5.41) is 13.8. The van der Waals surface area contributed by atoms with E-state index < -0.39 is 0 Å². The van der Waals surface area contributed by atoms with Crippen LogP contribution in [0.2, 0.25) is 0 Å². The molecule has 5 heteroatoms. The van der Waals surface area contributed by atoms with Gasteiger partial charge in [-0.2, -0.15) is 5.26 Å². The number of thiophene rings is 1. The Labute approximate surface area is 135 Å². The van der Waals surface area contributed by atoms with Crippen LogP contribution in [0.4, 0.5) is 5.69 Å². The zero-order valence-corrected chi connectivity index (χ0v) is 13.6. The van der Waals surface area contributed by atoms with Gasteiger partial charge in [-0.1, -0.05) is 6.07 Å². The highest BCUT2D eigenvalue weighted by Gasteiger charge is 2.24. The Hall–Kier alpha value is -2.16. The molecule has 4 nitrogen and oxygen atoms in total. The number of quaternary nitrogens is 1. The van der Waals surface area contributed by atoms with Crippen LogP contribution in [0.1, 0.15) is 24.3 Å². The maximum atomic E-state index is 12.4. The summed E-state index contributed by atoms with van der Waals surface area (Å²) in [4.78, 5) is 14.9. The van der Waals surface area contributed by atoms with Gasteiger partial charge in [0.2, 0.25) is 0 Å². The zero-order valence-electron chi connectivity index (χ0n) is 12.8. The van der Waals surface area contributed by atoms with Crippen LogP contribution in [0.15, 0.2) is 41.8 Å². The van der Waals surface area contributed by atoms with Gasteiger partial charge in [-0.15, -0.1) is 11.3 Å². The predicted octanol–water partition coefficient (Wildman–Crippen LogP) is 2.05. The molecule has 1 aromatic carbocycles. The number of carbonyl (C=O) groups excluding carboxylic acids is 1. The summed E-state index contributed by atoms with van der Waals surface area (Å²) in [6.45, 7) is 5.79. The Balaban J connectivity index is 1.98. The van der Waals surface area contributed by atoms with E-state index in [0.29, 0.717) is 5.56 Å². The molecule has 2 aromatic rings. The number of rotatable bonds is 6. The van der Waals surface area contributed by atoms with Crippen LogP contribution in [0.25, 0.3) is 0 Å². The lowest BCUT2D eigenvalue weighted by molar-refractivity contribution is -0.925. The van der Waals surface area contributed by atoms with E-state index in [1.807, 2.05) is 13.0 Å². The van der Waals surface area contributed by atoms with Crippen molar-refractivity contribution in [1.29, 1.82) is 5.26 Å². The number of amides is 1. The van der Waals surface area contributed by atoms with Crippen LogP contribution in [-0.4, -0.2) is 18.5 Å². The summed E-state index contributed by atoms with van der Waals surface area (Å²) in [6, 6.07) is 13.0. The minimum Gasteiger partial charge on any atom is -0.321 e. The van der Waals surface area contributed by atoms with E-state index in [1.165, 1.54) is 9.78 Å². The highest BCUT2D eigenvalue weighted by atomic mass is 32.1. The van der Waals surface area contributed by atoms with Gasteiger partial charge < -0.3 is 10.2 Å². The van der Waals surface area contributed by atoms with Crippen molar-refractivity contribution >= 4 is 22.9 Å². The Morgan fingerprint density at radius 2 is 2.09 bits per heavy atom. The van der Waals surface area contributed by atoms with Crippen molar-refractivity contribution < 1.29 is 9.69 Å². The van der Waals surface area contributed by atoms with Crippen molar-refractivity contribution in [3.8, 4) is 6.07 Å². The van der Waals surface area contributed by atoms with Crippen LogP contribution < -0.4 is 10.2 Å². The summed E-state index contributed by atoms with van der Waals surface area (Å²) < 4.78 is 0. The Bertz CT molecular complexity index is 644. The Morgan fingerprint density at radius 3 is 2.64 bits per heavy atom. The fraction of sp³-hybridized carbons (Fsp3) is 0.294. The summed E-state index contributed by atoms with van der Waals surface area (Å²) in [7, 11) is 0. The second-order valence-electron chi connectivity index (χ2n) is 5.17. The number of hydrogen-bond donors (Lipinski definition) is 2. The average molecular weight is 314 g/mol. The van der Waals surface area contributed by atoms with Gasteiger partial charge in [0.1, 0.15) is 6.54 Å². The van der Waals surface area contributed by atoms with Crippen molar-refractivity contribution in [3.63, 3.8) is 0 Å². The van der Waals surface area contributed by atoms with Gasteiger partial charge in [0.05, 0.1) is 23.1 Å². The monoisotopic (exact) mass is 314 g/mol. The zero-order chi connectivity index (χ0) is 15.9. The lowest BCUT2D eigenvalue weighted by Gasteiger charge is -2.23. The van der Waals surface area contributed by atoms with Crippen molar-refractivity contribution in [1.82, 2.24) is 0 Å². The predicted molar refractivity (Wildman–Crippen MR) is 88.8 cm³/mol. The van der Waals surface area contributed by atoms with Crippen molar-refractivity contribution in [2.24, 2.45) is 0 Å². The molecule has 22 heavy (non-hydrogen) atoms. The van der Waals surface area contributed by atoms with Gasteiger partial charge in [-0.3, -0.25) is 4.79 Å². The van der Waals surface area contributed by atoms with Crippen molar-refractivity contribution in [2.45, 2.75) is 26.4 Å². The normalized spacial score (nSPS) is 13.1. The van der Waals surface area contributed by atoms with Crippen LogP contribution in [-0.2, 0) is 11.3 Å². The maximum Gasteiger partial charge on any atom is 0.282 e. The third-order valence-corrected chi connectivity index (χ3v) is 4.60. The van der Waals surface area contributed by atoms with E-state index in [-0.39, 0.29) is 11.9 Å². The first-order valence-electron chi connectivity index (χ1n) is 7.32. The van der Waals surface area contributed by atoms with E-state index in [4.69, 9.17) is 5.26 Å². The van der Waals surface area contributed by atoms with Gasteiger partial charge in [0.15, 0.2) is 6.04 Å². The Kier molecular flexibility index (Phi) is 5.70. The summed E-state index contributed by atoms with van der Waals surface area (Å²) in [6.07, 6.45) is 0. The van der Waals surface area contributed by atoms with Crippen LogP contribution in [0.5, 0.6) is 0 Å². The van der Waals surface area contributed by atoms with E-state index in [0.717, 1.165) is 18.8 Å². The number of benzene rings is 1. The van der Waals surface area contributed by atoms with Crippen LogP contribution >= 0.6 is 11.3 Å². The third-order valence-electron chi connectivity index (χ3n) is 3.72. The average Bonchev–Trinajstić information content (AvgIpc) is 3.05. The van der Waals surface area contributed by atoms with E-state index in [2.05, 4.69) is 29.8 Å². The highest BCUT2D eigenvalue weighted by Crippen LogP contribution is 2.09. The number of likely N-dealkylation sites (N-methyl/N-ethyl adjacent to an activating group) is 1. The fourth-order valence-electron chi connectivity index (χ4n) is 2.29. The third kappa shape index (κ3) is 4.17. The maximum absolute atomic E-state index is 12.4. The molecule has 0 aliphatic heterocycles. The molecule has 1 heterocycles. The van der Waals surface area contributed by atoms with Gasteiger partial charge in [0, 0.05) is 5.69 Å². The van der Waals surface area contributed by atoms with E-state index >= 15 is 0 Å². The van der Waals surface area contributed by atoms with Crippen LogP contribution in [0, 0.1) is 11.3 Å². The number of nitrogens with one attached hydrogen (secondary N) is 2. The smallest absolute Gasteiger partial charge is 0.282 e. The molecule has 1 unspecified atom stereocenters. The summed E-state index contributed by atoms with van der Waals surface area (Å²) >= 11 is 1.72. The largest absolute Gasteiger partial charge is 0.321 e. The molecule has 2 rings (SSSR count). The SMILES string of the molecule is CC[NH+](Cc1cccs1)[C@H](C)C(=O)Nc1ccc(C#N)cc1. The molecule has 0 saturated carbocycles. The second-order valence-corrected chi connectivity index (χ2v) is 6.20. The van der Waals surface area contributed by atoms with Gasteiger partial charge >= 0.3 is 0 Å². The van der Waals surface area contributed by atoms with E-state index in [1.54, 1.807) is 35.6 Å². The molecule has 2 N–H and O–H groups in total. The van der Waals surface area contributed by atoms with Gasteiger partial charge in [-0.05, 0) is 49.6 Å². The molecular weight excluding hydrogens is 294 g/mol. The molecule has 0 bridgehead atoms. The van der Waals surface area contributed by atoms with Gasteiger partial charge in [0.25, 0.3) is 5.91 Å². The lowest BCUT2D eigenvalue weighted by Crippen LogP contribution is -3.15. The molecule has 0 spiro atoms. The molecule has 1 amide bonds. The van der Waals surface area contributed by atoms with Gasteiger partial charge in [-0.25, -0.2) is 0 Å². The molecule has 114 valence electrons. The minimum absolute atomic E-state index is 0.00175. The van der Waals surface area contributed by atoms with E-state index in [9.17, 15) is 4.79 Å². The summed E-state index contributed by atoms with van der Waals surface area (Å²) in [5.74, 6) is -0.00175. The molecule has 0 radical (unpaired) electrons. The molecule has 0 saturated heterocycles. The number of carbonyl (C=O) groups is 1. The van der Waals surface area contributed by atoms with Crippen LogP contribution in [0.3, 0.4) is 0 Å². The highest BCUT2D eigenvalue weighted by molar-refractivity contribution is 7.09. The minimum atomic E-state index is -0.136. The first kappa shape index (κ1) is 16.2. The molecule has 0 aliphatic rings. The number of nitriles is 1. The first-order chi connectivity index (χ1) is 10.6. The molecule has 1 aromatic heterocycles. The van der Waals surface area contributed by atoms with Crippen molar-refractivity contribution in [2.75, 3.05) is 11.9 Å². The standard InChI is InChI=1S/C17H19N3OS/c1-3-20(12-16-5-4-10-22-16)13(2)17(21)19-15-8-6-14(11-18)7-9-15/h4-10,13H,3,12H2,1-2H3,(H,19,21)/p+1/t13-/m1/s1. The quantitative estimate of drug-likeness (QED) is 0.857. The fourth-order valence-corrected chi connectivity index (χ4v) is 3.04. The summed E-state index contributed by atoms with van der Waals surface area (Å²) in [5.41, 5.74) is 1.31. The van der Waals surface area contributed by atoms with Crippen molar-refractivity contribution in [3.05, 3.63) is 52.2 Å². The molecule has 0 aliphatic carbocycles. The topological polar surface area (TPSA) is 57.3 Å². The number of nitrogens with zero attached hydrogens (tertiary/aromatic N) is 1. The Morgan fingerprint density at radius 1 is 1.36 bits per heavy atom. The first-order valence-corrected chi connectivity index (χ1v) is 8.20.